The predicted molar refractivity (Wildman–Crippen MR) is 87.3 cm³/mol. The van der Waals surface area contributed by atoms with E-state index >= 15 is 0 Å². The van der Waals surface area contributed by atoms with Crippen molar-refractivity contribution in [2.24, 2.45) is 0 Å². The van der Waals surface area contributed by atoms with Crippen LogP contribution in [0.15, 0.2) is 12.4 Å². The van der Waals surface area contributed by atoms with Gasteiger partial charge in [-0.25, -0.2) is 4.98 Å². The Morgan fingerprint density at radius 3 is 3.00 bits per heavy atom. The average molecular weight is 332 g/mol. The first kappa shape index (κ1) is 16.6. The third-order valence-corrected chi connectivity index (χ3v) is 4.08. The third kappa shape index (κ3) is 3.81. The number of rotatable bonds is 5. The van der Waals surface area contributed by atoms with Gasteiger partial charge in [0.05, 0.1) is 19.3 Å². The fourth-order valence-corrected chi connectivity index (χ4v) is 2.69. The summed E-state index contributed by atoms with van der Waals surface area (Å²) in [5.41, 5.74) is 1.10. The Bertz CT molecular complexity index is 692. The number of carbonyl (C=O) groups is 1. The van der Waals surface area contributed by atoms with Crippen LogP contribution < -0.4 is 0 Å². The molecule has 1 unspecified atom stereocenters. The normalized spacial score (nSPS) is 18.3. The molecule has 1 saturated heterocycles. The van der Waals surface area contributed by atoms with Crippen molar-refractivity contribution in [3.8, 4) is 0 Å². The van der Waals surface area contributed by atoms with Crippen molar-refractivity contribution in [2.75, 3.05) is 19.7 Å². The first-order chi connectivity index (χ1) is 11.5. The van der Waals surface area contributed by atoms with Crippen molar-refractivity contribution >= 4 is 5.91 Å². The minimum atomic E-state index is -0.241. The lowest BCUT2D eigenvalue weighted by Gasteiger charge is -2.32. The standard InChI is InChI=1S/C16H24N6O2/c1-11(2)15-18-16(20-19-15)13-10-21(6-7-24-13)14(23)4-5-22-9-12(3)8-17-22/h8-9,11,13H,4-7,10H2,1-3H3,(H,18,19,20). The van der Waals surface area contributed by atoms with E-state index in [1.165, 1.54) is 0 Å². The van der Waals surface area contributed by atoms with Crippen molar-refractivity contribution in [3.63, 3.8) is 0 Å². The van der Waals surface area contributed by atoms with E-state index in [0.29, 0.717) is 38.5 Å². The molecule has 2 aromatic heterocycles. The summed E-state index contributed by atoms with van der Waals surface area (Å²) in [7, 11) is 0. The van der Waals surface area contributed by atoms with Crippen molar-refractivity contribution < 1.29 is 9.53 Å². The molecular formula is C16H24N6O2. The van der Waals surface area contributed by atoms with Crippen LogP contribution in [0.4, 0.5) is 0 Å². The Morgan fingerprint density at radius 2 is 2.33 bits per heavy atom. The Labute approximate surface area is 141 Å². The van der Waals surface area contributed by atoms with Crippen molar-refractivity contribution in [1.29, 1.82) is 0 Å². The van der Waals surface area contributed by atoms with Crippen LogP contribution in [0, 0.1) is 6.92 Å². The maximum Gasteiger partial charge on any atom is 0.224 e. The van der Waals surface area contributed by atoms with Crippen LogP contribution in [-0.4, -0.2) is 55.5 Å². The Balaban J connectivity index is 1.56. The van der Waals surface area contributed by atoms with Gasteiger partial charge in [-0.1, -0.05) is 13.8 Å². The highest BCUT2D eigenvalue weighted by molar-refractivity contribution is 5.76. The van der Waals surface area contributed by atoms with Crippen molar-refractivity contribution in [3.05, 3.63) is 29.6 Å². The number of hydrogen-bond acceptors (Lipinski definition) is 5. The van der Waals surface area contributed by atoms with Crippen LogP contribution in [0.2, 0.25) is 0 Å². The van der Waals surface area contributed by atoms with Gasteiger partial charge in [-0.05, 0) is 12.5 Å². The molecule has 2 aromatic rings. The van der Waals surface area contributed by atoms with Gasteiger partial charge in [0.1, 0.15) is 6.10 Å². The fourth-order valence-electron chi connectivity index (χ4n) is 2.69. The second-order valence-electron chi connectivity index (χ2n) is 6.46. The van der Waals surface area contributed by atoms with Crippen LogP contribution in [-0.2, 0) is 16.1 Å². The summed E-state index contributed by atoms with van der Waals surface area (Å²) in [6.07, 6.45) is 3.93. The van der Waals surface area contributed by atoms with E-state index in [-0.39, 0.29) is 17.9 Å². The van der Waals surface area contributed by atoms with Crippen LogP contribution in [0.1, 0.15) is 49.5 Å². The Kier molecular flexibility index (Phi) is 4.94. The average Bonchev–Trinajstić information content (AvgIpc) is 3.22. The first-order valence-corrected chi connectivity index (χ1v) is 8.33. The second-order valence-corrected chi connectivity index (χ2v) is 6.46. The highest BCUT2D eigenvalue weighted by atomic mass is 16.5. The van der Waals surface area contributed by atoms with Crippen LogP contribution in [0.25, 0.3) is 0 Å². The van der Waals surface area contributed by atoms with E-state index < -0.39 is 0 Å². The number of aryl methyl sites for hydroxylation is 2. The zero-order valence-corrected chi connectivity index (χ0v) is 14.4. The van der Waals surface area contributed by atoms with Gasteiger partial charge in [-0.3, -0.25) is 14.6 Å². The molecule has 1 atom stereocenters. The van der Waals surface area contributed by atoms with E-state index in [2.05, 4.69) is 20.3 Å². The van der Waals surface area contributed by atoms with Crippen molar-refractivity contribution in [2.45, 2.75) is 45.8 Å². The summed E-state index contributed by atoms with van der Waals surface area (Å²) in [6, 6.07) is 0. The fraction of sp³-hybridized carbons (Fsp3) is 0.625. The molecule has 0 aliphatic carbocycles. The van der Waals surface area contributed by atoms with Gasteiger partial charge in [0.2, 0.25) is 5.91 Å². The van der Waals surface area contributed by atoms with Gasteiger partial charge in [0, 0.05) is 31.6 Å². The van der Waals surface area contributed by atoms with Gasteiger partial charge in [-0.2, -0.15) is 10.2 Å². The lowest BCUT2D eigenvalue weighted by Crippen LogP contribution is -2.42. The summed E-state index contributed by atoms with van der Waals surface area (Å²) in [6.45, 7) is 8.29. The number of nitrogens with one attached hydrogen (secondary N) is 1. The summed E-state index contributed by atoms with van der Waals surface area (Å²) in [5.74, 6) is 1.83. The van der Waals surface area contributed by atoms with E-state index in [4.69, 9.17) is 4.74 Å². The molecule has 24 heavy (non-hydrogen) atoms. The molecule has 0 aromatic carbocycles. The van der Waals surface area contributed by atoms with Gasteiger partial charge in [-0.15, -0.1) is 0 Å². The zero-order valence-electron chi connectivity index (χ0n) is 14.4. The molecule has 0 radical (unpaired) electrons. The van der Waals surface area contributed by atoms with E-state index in [9.17, 15) is 4.79 Å². The number of aromatic nitrogens is 5. The minimum absolute atomic E-state index is 0.111. The van der Waals surface area contributed by atoms with Gasteiger partial charge < -0.3 is 9.64 Å². The number of carbonyl (C=O) groups excluding carboxylic acids is 1. The molecule has 1 N–H and O–H groups in total. The Morgan fingerprint density at radius 1 is 1.50 bits per heavy atom. The topological polar surface area (TPSA) is 88.9 Å². The SMILES string of the molecule is Cc1cnn(CCC(=O)N2CCOC(c3nc(C(C)C)n[nH]3)C2)c1. The number of amides is 1. The largest absolute Gasteiger partial charge is 0.367 e. The monoisotopic (exact) mass is 332 g/mol. The molecule has 1 amide bonds. The van der Waals surface area contributed by atoms with Crippen LogP contribution in [0.5, 0.6) is 0 Å². The van der Waals surface area contributed by atoms with Crippen molar-refractivity contribution in [1.82, 2.24) is 29.9 Å². The first-order valence-electron chi connectivity index (χ1n) is 8.33. The molecular weight excluding hydrogens is 308 g/mol. The molecule has 0 bridgehead atoms. The number of morpholine rings is 1. The predicted octanol–water partition coefficient (Wildman–Crippen LogP) is 1.42. The summed E-state index contributed by atoms with van der Waals surface area (Å²) < 4.78 is 7.56. The molecule has 0 saturated carbocycles. The maximum absolute atomic E-state index is 12.5. The zero-order chi connectivity index (χ0) is 17.1. The molecule has 3 heterocycles. The lowest BCUT2D eigenvalue weighted by atomic mass is 10.2. The molecule has 1 aliphatic rings. The third-order valence-electron chi connectivity index (χ3n) is 4.08. The van der Waals surface area contributed by atoms with E-state index in [1.54, 1.807) is 10.9 Å². The highest BCUT2D eigenvalue weighted by Crippen LogP contribution is 2.21. The highest BCUT2D eigenvalue weighted by Gasteiger charge is 2.27. The summed E-state index contributed by atoms with van der Waals surface area (Å²) in [4.78, 5) is 18.8. The molecule has 1 fully saturated rings. The quantitative estimate of drug-likeness (QED) is 0.894. The van der Waals surface area contributed by atoms with Gasteiger partial charge >= 0.3 is 0 Å². The molecule has 8 heteroatoms. The smallest absolute Gasteiger partial charge is 0.224 e. The molecule has 8 nitrogen and oxygen atoms in total. The van der Waals surface area contributed by atoms with Gasteiger partial charge in [0.25, 0.3) is 0 Å². The lowest BCUT2D eigenvalue weighted by molar-refractivity contribution is -0.139. The maximum atomic E-state index is 12.5. The number of nitrogens with zero attached hydrogens (tertiary/aromatic N) is 5. The Hall–Kier alpha value is -2.22. The minimum Gasteiger partial charge on any atom is -0.367 e. The number of hydrogen-bond donors (Lipinski definition) is 1. The molecule has 130 valence electrons. The molecule has 1 aliphatic heterocycles. The number of aromatic amines is 1. The van der Waals surface area contributed by atoms with E-state index in [0.717, 1.165) is 11.4 Å². The van der Waals surface area contributed by atoms with E-state index in [1.807, 2.05) is 31.9 Å². The molecule has 0 spiro atoms. The summed E-state index contributed by atoms with van der Waals surface area (Å²) >= 11 is 0. The van der Waals surface area contributed by atoms with Crippen LogP contribution in [0.3, 0.4) is 0 Å². The second kappa shape index (κ2) is 7.12. The number of H-pyrrole nitrogens is 1. The van der Waals surface area contributed by atoms with Gasteiger partial charge in [0.15, 0.2) is 11.6 Å². The number of ether oxygens (including phenoxy) is 1. The van der Waals surface area contributed by atoms with Crippen LogP contribution >= 0.6 is 0 Å². The molecule has 3 rings (SSSR count). The summed E-state index contributed by atoms with van der Waals surface area (Å²) in [5, 5.41) is 11.4.